The van der Waals surface area contributed by atoms with Crippen LogP contribution in [0.25, 0.3) is 0 Å². The second-order valence-corrected chi connectivity index (χ2v) is 22.1. The molecule has 10 atom stereocenters. The number of carbonyl (C=O) groups excluding carboxylic acids is 10. The van der Waals surface area contributed by atoms with E-state index in [4.69, 9.17) is 5.73 Å². The predicted molar refractivity (Wildman–Crippen MR) is 278 cm³/mol. The summed E-state index contributed by atoms with van der Waals surface area (Å²) in [5.41, 5.74) is 6.11. The van der Waals surface area contributed by atoms with Crippen molar-refractivity contribution in [2.24, 2.45) is 29.4 Å². The number of likely N-dealkylation sites (tertiary alicyclic amines) is 1. The lowest BCUT2D eigenvalue weighted by Gasteiger charge is -2.34. The van der Waals surface area contributed by atoms with E-state index in [2.05, 4.69) is 31.9 Å². The minimum absolute atomic E-state index is 0.0929. The number of fused-ring (bicyclic) bond motifs is 3. The summed E-state index contributed by atoms with van der Waals surface area (Å²) in [5.74, 6) is -7.39. The van der Waals surface area contributed by atoms with Gasteiger partial charge in [-0.05, 0) is 87.0 Å². The smallest absolute Gasteiger partial charge is 0.272 e. The summed E-state index contributed by atoms with van der Waals surface area (Å²) in [5, 5.41) is 17.2. The molecule has 0 spiro atoms. The van der Waals surface area contributed by atoms with Gasteiger partial charge in [-0.15, -0.1) is 0 Å². The van der Waals surface area contributed by atoms with Gasteiger partial charge in [0, 0.05) is 38.8 Å². The highest BCUT2D eigenvalue weighted by molar-refractivity contribution is 6.03. The van der Waals surface area contributed by atoms with E-state index >= 15 is 0 Å². The monoisotopic (exact) mass is 1040 g/mol. The Labute approximate surface area is 441 Å². The third-order valence-electron chi connectivity index (χ3n) is 15.4. The number of nitrogens with one attached hydrogen (secondary N) is 6. The van der Waals surface area contributed by atoms with Crippen LogP contribution >= 0.6 is 0 Å². The van der Waals surface area contributed by atoms with Crippen LogP contribution in [-0.4, -0.2) is 159 Å². The maximum atomic E-state index is 14.9. The van der Waals surface area contributed by atoms with Crippen molar-refractivity contribution >= 4 is 59.1 Å². The van der Waals surface area contributed by atoms with Crippen LogP contribution in [0, 0.1) is 23.7 Å². The molecule has 1 aromatic rings. The molecule has 6 rings (SSSR count). The normalized spacial score (nSPS) is 28.3. The molecule has 5 aliphatic heterocycles. The van der Waals surface area contributed by atoms with E-state index in [0.29, 0.717) is 38.5 Å². The lowest BCUT2D eigenvalue weighted by molar-refractivity contribution is -0.148. The Morgan fingerprint density at radius 3 is 1.76 bits per heavy atom. The molecule has 5 aliphatic rings. The Balaban J connectivity index is 1.40. The van der Waals surface area contributed by atoms with Gasteiger partial charge < -0.3 is 57.2 Å². The second-order valence-electron chi connectivity index (χ2n) is 22.1. The Kier molecular flexibility index (Phi) is 19.9. The molecule has 21 heteroatoms. The molecule has 1 aromatic carbocycles. The predicted octanol–water partition coefficient (Wildman–Crippen LogP) is 0.951. The number of amides is 10. The summed E-state index contributed by atoms with van der Waals surface area (Å²) >= 11 is 0. The van der Waals surface area contributed by atoms with E-state index in [1.807, 2.05) is 51.1 Å². The van der Waals surface area contributed by atoms with Crippen LogP contribution < -0.4 is 37.6 Å². The Hall–Kier alpha value is -6.54. The number of primary amides is 1. The van der Waals surface area contributed by atoms with Gasteiger partial charge in [0.2, 0.25) is 53.2 Å². The number of rotatable bonds is 12. The molecule has 412 valence electrons. The van der Waals surface area contributed by atoms with Crippen LogP contribution in [0.2, 0.25) is 0 Å². The first-order valence-electron chi connectivity index (χ1n) is 27.2. The molecule has 8 N–H and O–H groups in total. The number of carbonyl (C=O) groups is 10. The van der Waals surface area contributed by atoms with Crippen LogP contribution in [0.4, 0.5) is 0 Å². The highest BCUT2D eigenvalue weighted by Gasteiger charge is 2.46. The first-order valence-corrected chi connectivity index (χ1v) is 27.2. The topological polar surface area (TPSA) is 282 Å². The van der Waals surface area contributed by atoms with Crippen molar-refractivity contribution < 1.29 is 47.9 Å². The Morgan fingerprint density at radius 2 is 1.19 bits per heavy atom. The van der Waals surface area contributed by atoms with Crippen LogP contribution in [-0.2, 0) is 54.4 Å². The molecule has 5 heterocycles. The standard InChI is InChI=1S/C54H81N11O10/c1-9-33(8)44(45(55)66)61-49(70)39-20-13-23-62(39)52(73)37-29-56-43(32(6)7)54(75)64-25-15-21-40(64)48(69)60-42(31(4)5)50(71)58-36(28-34-17-11-10-12-18-34)51(72)65-26-16-22-41(65)53(74)63-24-14-19-38(63)47(68)57-35(27-30(2)3)46(67)59-37/h10-12,17-18,29-33,35-36,38-44,56H,9,13-16,19-28H2,1-8H3,(H2,55,66)(H,57,68)(H,58,71)(H,59,67)(H,60,69)(H,61,70)/b37-29-/t33-,35-,36-,38-,39-,40-,41-,42+,43-,44-/m0/s1. The third kappa shape index (κ3) is 13.9. The maximum Gasteiger partial charge on any atom is 0.272 e. The van der Waals surface area contributed by atoms with E-state index in [0.717, 1.165) is 5.56 Å². The number of nitrogens with two attached hydrogens (primary N) is 1. The van der Waals surface area contributed by atoms with Crippen LogP contribution in [0.15, 0.2) is 42.2 Å². The number of benzene rings is 1. The minimum atomic E-state index is -1.23. The molecule has 0 saturated carbocycles. The van der Waals surface area contributed by atoms with Gasteiger partial charge in [-0.3, -0.25) is 47.9 Å². The molecule has 0 radical (unpaired) electrons. The van der Waals surface area contributed by atoms with Crippen molar-refractivity contribution in [3.63, 3.8) is 0 Å². The van der Waals surface area contributed by atoms with E-state index in [1.165, 1.54) is 25.8 Å². The summed E-state index contributed by atoms with van der Waals surface area (Å²) in [7, 11) is 0. The van der Waals surface area contributed by atoms with E-state index in [-0.39, 0.29) is 75.8 Å². The maximum absolute atomic E-state index is 14.9. The fraction of sp³-hybridized carbons (Fsp3) is 0.667. The zero-order valence-corrected chi connectivity index (χ0v) is 45.0. The molecule has 21 nitrogen and oxygen atoms in total. The largest absolute Gasteiger partial charge is 0.378 e. The number of hydrogen-bond donors (Lipinski definition) is 7. The van der Waals surface area contributed by atoms with Crippen LogP contribution in [0.1, 0.15) is 125 Å². The summed E-state index contributed by atoms with van der Waals surface area (Å²) < 4.78 is 0. The molecule has 4 fully saturated rings. The lowest BCUT2D eigenvalue weighted by atomic mass is 9.98. The lowest BCUT2D eigenvalue weighted by Crippen LogP contribution is -2.61. The molecule has 10 amide bonds. The summed E-state index contributed by atoms with van der Waals surface area (Å²) in [6.07, 6.45) is 4.96. The molecule has 0 aromatic heterocycles. The van der Waals surface area contributed by atoms with Crippen molar-refractivity contribution in [2.75, 3.05) is 26.2 Å². The quantitative estimate of drug-likeness (QED) is 0.155. The molecular formula is C54H81N11O10. The third-order valence-corrected chi connectivity index (χ3v) is 15.4. The summed E-state index contributed by atoms with van der Waals surface area (Å²) in [6, 6.07) is -0.368. The summed E-state index contributed by atoms with van der Waals surface area (Å²) in [6.45, 7) is 15.2. The van der Waals surface area contributed by atoms with Gasteiger partial charge in [0.05, 0.1) is 0 Å². The molecule has 0 bridgehead atoms. The van der Waals surface area contributed by atoms with Crippen molar-refractivity contribution in [2.45, 2.75) is 180 Å². The fourth-order valence-electron chi connectivity index (χ4n) is 11.0. The Bertz CT molecular complexity index is 2330. The van der Waals surface area contributed by atoms with Gasteiger partial charge in [0.25, 0.3) is 5.91 Å². The van der Waals surface area contributed by atoms with Crippen molar-refractivity contribution in [3.05, 3.63) is 47.8 Å². The zero-order chi connectivity index (χ0) is 54.8. The van der Waals surface area contributed by atoms with Gasteiger partial charge in [-0.2, -0.15) is 0 Å². The first kappa shape index (κ1) is 57.7. The van der Waals surface area contributed by atoms with Crippen LogP contribution in [0.3, 0.4) is 0 Å². The van der Waals surface area contributed by atoms with Gasteiger partial charge in [-0.25, -0.2) is 0 Å². The summed E-state index contributed by atoms with van der Waals surface area (Å²) in [4.78, 5) is 149. The van der Waals surface area contributed by atoms with E-state index in [1.54, 1.807) is 34.6 Å². The van der Waals surface area contributed by atoms with E-state index in [9.17, 15) is 47.9 Å². The van der Waals surface area contributed by atoms with Gasteiger partial charge in [0.15, 0.2) is 0 Å². The SMILES string of the molecule is CC[C@H](C)[C@H](NC(=O)[C@@H]1CCCN1C(=O)/C1=C/N[C@@H](C(C)C)C(=O)N2CCC[C@H]2C(=O)N[C@H](C(C)C)C(=O)N[C@@H](Cc2ccccc2)C(=O)N2CCC[C@H]2C(=O)N2CCC[C@H]2C(=O)N[C@@H](CC(C)C)C(=O)N1)C(N)=O. The number of nitrogens with zero attached hydrogens (tertiary/aromatic N) is 4. The molecular weight excluding hydrogens is 963 g/mol. The van der Waals surface area contributed by atoms with Crippen molar-refractivity contribution in [3.8, 4) is 0 Å². The average molecular weight is 1040 g/mol. The highest BCUT2D eigenvalue weighted by Crippen LogP contribution is 2.28. The molecule has 4 saturated heterocycles. The van der Waals surface area contributed by atoms with Gasteiger partial charge >= 0.3 is 0 Å². The minimum Gasteiger partial charge on any atom is -0.378 e. The van der Waals surface area contributed by atoms with Crippen LogP contribution in [0.5, 0.6) is 0 Å². The van der Waals surface area contributed by atoms with Crippen molar-refractivity contribution in [1.82, 2.24) is 51.5 Å². The number of hydrogen-bond acceptors (Lipinski definition) is 11. The first-order chi connectivity index (χ1) is 35.6. The molecule has 0 unspecified atom stereocenters. The fourth-order valence-corrected chi connectivity index (χ4v) is 11.0. The Morgan fingerprint density at radius 1 is 0.640 bits per heavy atom. The second kappa shape index (κ2) is 25.8. The average Bonchev–Trinajstić information content (AvgIpc) is 4.23. The zero-order valence-electron chi connectivity index (χ0n) is 45.0. The molecule has 0 aliphatic carbocycles. The van der Waals surface area contributed by atoms with Crippen molar-refractivity contribution in [1.29, 1.82) is 0 Å². The van der Waals surface area contributed by atoms with Gasteiger partial charge in [0.1, 0.15) is 60.1 Å². The van der Waals surface area contributed by atoms with E-state index < -0.39 is 125 Å². The molecule has 75 heavy (non-hydrogen) atoms. The van der Waals surface area contributed by atoms with Gasteiger partial charge in [-0.1, -0.05) is 92.1 Å². The highest BCUT2D eigenvalue weighted by atomic mass is 16.2.